The molecule has 1 aliphatic heterocycles. The van der Waals surface area contributed by atoms with Crippen molar-refractivity contribution in [1.29, 1.82) is 0 Å². The molecule has 0 aromatic heterocycles. The number of piperidine rings is 1. The second-order valence-corrected chi connectivity index (χ2v) is 6.83. The zero-order chi connectivity index (χ0) is 18.3. The van der Waals surface area contributed by atoms with Gasteiger partial charge in [0.2, 0.25) is 5.91 Å². The number of aliphatic hydroxyl groups is 1. The summed E-state index contributed by atoms with van der Waals surface area (Å²) in [6.45, 7) is 4.86. The van der Waals surface area contributed by atoms with E-state index >= 15 is 0 Å². The van der Waals surface area contributed by atoms with Crippen molar-refractivity contribution >= 4 is 11.9 Å². The lowest BCUT2D eigenvalue weighted by atomic mass is 9.91. The molecule has 1 amide bonds. The van der Waals surface area contributed by atoms with E-state index in [1.54, 1.807) is 11.8 Å². The van der Waals surface area contributed by atoms with Gasteiger partial charge in [-0.15, -0.1) is 0 Å². The summed E-state index contributed by atoms with van der Waals surface area (Å²) in [4.78, 5) is 25.8. The van der Waals surface area contributed by atoms with Crippen LogP contribution in [0.15, 0.2) is 24.3 Å². The van der Waals surface area contributed by atoms with Crippen LogP contribution in [0.4, 0.5) is 0 Å². The van der Waals surface area contributed by atoms with Crippen molar-refractivity contribution in [1.82, 2.24) is 4.90 Å². The molecule has 0 saturated carbocycles. The molecule has 1 aliphatic rings. The number of hydrogen-bond donors (Lipinski definition) is 1. The average molecular weight is 347 g/mol. The molecular formula is C20H29NO4. The second-order valence-electron chi connectivity index (χ2n) is 6.83. The zero-order valence-electron chi connectivity index (χ0n) is 15.3. The predicted octanol–water partition coefficient (Wildman–Crippen LogP) is 2.62. The van der Waals surface area contributed by atoms with Crippen LogP contribution in [-0.2, 0) is 20.7 Å². The minimum absolute atomic E-state index is 0.106. The molecule has 0 radical (unpaired) electrons. The van der Waals surface area contributed by atoms with Crippen LogP contribution in [-0.4, -0.2) is 47.2 Å². The standard InChI is InChI=1S/C20H29NO4/c1-3-25-19(23)20(24)12-14-21(15-13-20)18(22)7-5-4-6-17-10-8-16(2)9-11-17/h8-11,24H,3-7,12-15H2,1-2H3. The van der Waals surface area contributed by atoms with Crippen molar-refractivity contribution in [2.45, 2.75) is 58.0 Å². The molecule has 1 heterocycles. The summed E-state index contributed by atoms with van der Waals surface area (Å²) < 4.78 is 4.92. The van der Waals surface area contributed by atoms with Gasteiger partial charge in [0.25, 0.3) is 0 Å². The van der Waals surface area contributed by atoms with E-state index in [0.717, 1.165) is 19.3 Å². The Hall–Kier alpha value is -1.88. The molecule has 0 aliphatic carbocycles. The lowest BCUT2D eigenvalue weighted by Gasteiger charge is -2.36. The lowest BCUT2D eigenvalue weighted by Crippen LogP contribution is -2.51. The molecule has 138 valence electrons. The van der Waals surface area contributed by atoms with E-state index < -0.39 is 11.6 Å². The molecule has 0 atom stereocenters. The van der Waals surface area contributed by atoms with Crippen LogP contribution in [0.2, 0.25) is 0 Å². The SMILES string of the molecule is CCOC(=O)C1(O)CCN(C(=O)CCCCc2ccc(C)cc2)CC1. The summed E-state index contributed by atoms with van der Waals surface area (Å²) in [6, 6.07) is 8.49. The van der Waals surface area contributed by atoms with Crippen LogP contribution in [0.3, 0.4) is 0 Å². The molecule has 0 spiro atoms. The van der Waals surface area contributed by atoms with Gasteiger partial charge < -0.3 is 14.7 Å². The van der Waals surface area contributed by atoms with Gasteiger partial charge in [0, 0.05) is 32.4 Å². The predicted molar refractivity (Wildman–Crippen MR) is 96.1 cm³/mol. The van der Waals surface area contributed by atoms with Crippen molar-refractivity contribution in [3.8, 4) is 0 Å². The van der Waals surface area contributed by atoms with E-state index in [1.165, 1.54) is 11.1 Å². The van der Waals surface area contributed by atoms with E-state index in [1.807, 2.05) is 0 Å². The first-order chi connectivity index (χ1) is 11.9. The summed E-state index contributed by atoms with van der Waals surface area (Å²) in [6.07, 6.45) is 3.84. The quantitative estimate of drug-likeness (QED) is 0.608. The van der Waals surface area contributed by atoms with Crippen LogP contribution < -0.4 is 0 Å². The highest BCUT2D eigenvalue weighted by atomic mass is 16.5. The van der Waals surface area contributed by atoms with E-state index in [0.29, 0.717) is 19.5 Å². The molecule has 0 bridgehead atoms. The van der Waals surface area contributed by atoms with Crippen LogP contribution >= 0.6 is 0 Å². The fourth-order valence-electron chi connectivity index (χ4n) is 3.11. The Morgan fingerprint density at radius 3 is 2.40 bits per heavy atom. The number of benzene rings is 1. The molecule has 1 aromatic carbocycles. The van der Waals surface area contributed by atoms with E-state index in [9.17, 15) is 14.7 Å². The molecule has 1 N–H and O–H groups in total. The van der Waals surface area contributed by atoms with E-state index in [-0.39, 0.29) is 25.4 Å². The van der Waals surface area contributed by atoms with Crippen LogP contribution in [0.1, 0.15) is 50.2 Å². The Balaban J connectivity index is 1.68. The van der Waals surface area contributed by atoms with Gasteiger partial charge in [0.05, 0.1) is 6.61 Å². The van der Waals surface area contributed by atoms with E-state index in [4.69, 9.17) is 4.74 Å². The first-order valence-corrected chi connectivity index (χ1v) is 9.17. The maximum Gasteiger partial charge on any atom is 0.338 e. The van der Waals surface area contributed by atoms with Gasteiger partial charge in [-0.25, -0.2) is 4.79 Å². The second kappa shape index (κ2) is 8.99. The maximum absolute atomic E-state index is 12.3. The molecular weight excluding hydrogens is 318 g/mol. The largest absolute Gasteiger partial charge is 0.464 e. The van der Waals surface area contributed by atoms with Crippen LogP contribution in [0.25, 0.3) is 0 Å². The fourth-order valence-corrected chi connectivity index (χ4v) is 3.11. The number of aryl methyl sites for hydroxylation is 2. The summed E-state index contributed by atoms with van der Waals surface area (Å²) in [5.74, 6) is -0.463. The highest BCUT2D eigenvalue weighted by Gasteiger charge is 2.41. The summed E-state index contributed by atoms with van der Waals surface area (Å²) in [7, 11) is 0. The number of amides is 1. The Morgan fingerprint density at radius 1 is 1.16 bits per heavy atom. The third-order valence-corrected chi connectivity index (χ3v) is 4.83. The molecule has 1 aromatic rings. The van der Waals surface area contributed by atoms with Crippen molar-refractivity contribution in [2.24, 2.45) is 0 Å². The minimum Gasteiger partial charge on any atom is -0.464 e. The van der Waals surface area contributed by atoms with Gasteiger partial charge in [-0.3, -0.25) is 4.79 Å². The topological polar surface area (TPSA) is 66.8 Å². The van der Waals surface area contributed by atoms with Crippen molar-refractivity contribution < 1.29 is 19.4 Å². The van der Waals surface area contributed by atoms with Gasteiger partial charge in [-0.1, -0.05) is 29.8 Å². The lowest BCUT2D eigenvalue weighted by molar-refractivity contribution is -0.171. The van der Waals surface area contributed by atoms with Gasteiger partial charge in [-0.2, -0.15) is 0 Å². The highest BCUT2D eigenvalue weighted by Crippen LogP contribution is 2.24. The van der Waals surface area contributed by atoms with Crippen LogP contribution in [0.5, 0.6) is 0 Å². The summed E-state index contributed by atoms with van der Waals surface area (Å²) in [5, 5.41) is 10.3. The third kappa shape index (κ3) is 5.56. The number of carbonyl (C=O) groups is 2. The molecule has 5 heteroatoms. The minimum atomic E-state index is -1.43. The average Bonchev–Trinajstić information content (AvgIpc) is 2.61. The van der Waals surface area contributed by atoms with Gasteiger partial charge in [0.1, 0.15) is 0 Å². The van der Waals surface area contributed by atoms with Crippen molar-refractivity contribution in [3.05, 3.63) is 35.4 Å². The number of esters is 1. The molecule has 25 heavy (non-hydrogen) atoms. The first-order valence-electron chi connectivity index (χ1n) is 9.17. The smallest absolute Gasteiger partial charge is 0.338 e. The number of carbonyl (C=O) groups excluding carboxylic acids is 2. The fraction of sp³-hybridized carbons (Fsp3) is 0.600. The maximum atomic E-state index is 12.3. The number of ether oxygens (including phenoxy) is 1. The first kappa shape index (κ1) is 19.4. The Bertz CT molecular complexity index is 574. The Kier molecular flexibility index (Phi) is 7.00. The molecule has 5 nitrogen and oxygen atoms in total. The monoisotopic (exact) mass is 347 g/mol. The number of likely N-dealkylation sites (tertiary alicyclic amines) is 1. The van der Waals surface area contributed by atoms with Gasteiger partial charge in [-0.05, 0) is 38.7 Å². The molecule has 1 fully saturated rings. The van der Waals surface area contributed by atoms with Gasteiger partial charge in [0.15, 0.2) is 5.60 Å². The van der Waals surface area contributed by atoms with Crippen LogP contribution in [0, 0.1) is 6.92 Å². The zero-order valence-corrected chi connectivity index (χ0v) is 15.3. The summed E-state index contributed by atoms with van der Waals surface area (Å²) in [5.41, 5.74) is 1.13. The van der Waals surface area contributed by atoms with E-state index in [2.05, 4.69) is 31.2 Å². The normalized spacial score (nSPS) is 16.5. The molecule has 1 saturated heterocycles. The number of unbranched alkanes of at least 4 members (excludes halogenated alkanes) is 1. The van der Waals surface area contributed by atoms with Crippen molar-refractivity contribution in [2.75, 3.05) is 19.7 Å². The molecule has 0 unspecified atom stereocenters. The van der Waals surface area contributed by atoms with Crippen molar-refractivity contribution in [3.63, 3.8) is 0 Å². The third-order valence-electron chi connectivity index (χ3n) is 4.83. The Labute approximate surface area is 150 Å². The number of nitrogens with zero attached hydrogens (tertiary/aromatic N) is 1. The number of hydrogen-bond acceptors (Lipinski definition) is 4. The van der Waals surface area contributed by atoms with Gasteiger partial charge >= 0.3 is 5.97 Å². The molecule has 2 rings (SSSR count). The Morgan fingerprint density at radius 2 is 1.80 bits per heavy atom. The number of rotatable bonds is 7. The highest BCUT2D eigenvalue weighted by molar-refractivity contribution is 5.81. The summed E-state index contributed by atoms with van der Waals surface area (Å²) >= 11 is 0.